The number of carboxylic acid groups (broad SMARTS) is 1. The van der Waals surface area contributed by atoms with E-state index in [0.717, 1.165) is 6.42 Å². The van der Waals surface area contributed by atoms with E-state index in [2.05, 4.69) is 10.4 Å². The highest BCUT2D eigenvalue weighted by atomic mass is 16.4. The van der Waals surface area contributed by atoms with Crippen LogP contribution in [0.15, 0.2) is 12.4 Å². The van der Waals surface area contributed by atoms with Crippen molar-refractivity contribution < 1.29 is 14.7 Å². The summed E-state index contributed by atoms with van der Waals surface area (Å²) >= 11 is 0. The van der Waals surface area contributed by atoms with Crippen LogP contribution >= 0.6 is 0 Å². The van der Waals surface area contributed by atoms with Crippen LogP contribution in [0, 0.1) is 5.92 Å². The summed E-state index contributed by atoms with van der Waals surface area (Å²) in [6, 6.07) is -0.269. The van der Waals surface area contributed by atoms with Crippen molar-refractivity contribution in [1.29, 1.82) is 0 Å². The standard InChI is InChI=1S/C11H16N4O3/c1-14-7-9(5-12-14)13-11(18)15-4-2-3-8(6-15)10(16)17/h5,7-8H,2-4,6H2,1H3,(H,13,18)(H,16,17)/t8-/m0/s1. The average Bonchev–Trinajstić information content (AvgIpc) is 2.75. The number of piperidine rings is 1. The molecular weight excluding hydrogens is 236 g/mol. The number of hydrogen-bond acceptors (Lipinski definition) is 3. The SMILES string of the molecule is Cn1cc(NC(=O)N2CCC[C@H](C(=O)O)C2)cn1. The monoisotopic (exact) mass is 252 g/mol. The number of aliphatic carboxylic acids is 1. The number of nitrogens with zero attached hydrogens (tertiary/aromatic N) is 3. The van der Waals surface area contributed by atoms with Gasteiger partial charge in [0.2, 0.25) is 0 Å². The third-order valence-corrected chi connectivity index (χ3v) is 3.01. The number of carbonyl (C=O) groups excluding carboxylic acids is 1. The predicted molar refractivity (Wildman–Crippen MR) is 64.2 cm³/mol. The Kier molecular flexibility index (Phi) is 3.50. The molecule has 0 spiro atoms. The summed E-state index contributed by atoms with van der Waals surface area (Å²) in [4.78, 5) is 24.4. The normalized spacial score (nSPS) is 19.6. The first kappa shape index (κ1) is 12.4. The van der Waals surface area contributed by atoms with Crippen molar-refractivity contribution in [2.45, 2.75) is 12.8 Å². The molecule has 0 bridgehead atoms. The zero-order valence-electron chi connectivity index (χ0n) is 10.2. The molecule has 1 aromatic rings. The Hall–Kier alpha value is -2.05. The molecule has 2 amide bonds. The molecule has 0 saturated carbocycles. The number of anilines is 1. The molecule has 0 aromatic carbocycles. The number of carboxylic acids is 1. The minimum Gasteiger partial charge on any atom is -0.481 e. The van der Waals surface area contributed by atoms with Crippen LogP contribution in [0.2, 0.25) is 0 Å². The van der Waals surface area contributed by atoms with E-state index < -0.39 is 11.9 Å². The summed E-state index contributed by atoms with van der Waals surface area (Å²) in [7, 11) is 1.76. The lowest BCUT2D eigenvalue weighted by molar-refractivity contribution is -0.143. The Morgan fingerprint density at radius 1 is 1.56 bits per heavy atom. The average molecular weight is 252 g/mol. The Labute approximate surface area is 104 Å². The van der Waals surface area contributed by atoms with Crippen molar-refractivity contribution in [3.8, 4) is 0 Å². The van der Waals surface area contributed by atoms with Gasteiger partial charge >= 0.3 is 12.0 Å². The fourth-order valence-corrected chi connectivity index (χ4v) is 2.05. The number of aromatic nitrogens is 2. The number of nitrogens with one attached hydrogen (secondary N) is 1. The van der Waals surface area contributed by atoms with Crippen LogP contribution in [0.3, 0.4) is 0 Å². The Balaban J connectivity index is 1.94. The van der Waals surface area contributed by atoms with Gasteiger partial charge in [0, 0.05) is 26.3 Å². The molecule has 1 saturated heterocycles. The van der Waals surface area contributed by atoms with Crippen molar-refractivity contribution >= 4 is 17.7 Å². The van der Waals surface area contributed by atoms with E-state index in [-0.39, 0.29) is 12.6 Å². The molecule has 1 aromatic heterocycles. The largest absolute Gasteiger partial charge is 0.481 e. The van der Waals surface area contributed by atoms with Crippen molar-refractivity contribution in [3.05, 3.63) is 12.4 Å². The molecule has 98 valence electrons. The lowest BCUT2D eigenvalue weighted by Crippen LogP contribution is -2.44. The maximum atomic E-state index is 11.9. The Bertz CT molecular complexity index is 457. The molecule has 0 radical (unpaired) electrons. The van der Waals surface area contributed by atoms with Crippen LogP contribution in [0.1, 0.15) is 12.8 Å². The summed E-state index contributed by atoms with van der Waals surface area (Å²) in [5, 5.41) is 15.6. The topological polar surface area (TPSA) is 87.5 Å². The lowest BCUT2D eigenvalue weighted by Gasteiger charge is -2.30. The summed E-state index contributed by atoms with van der Waals surface area (Å²) in [5.74, 6) is -1.30. The zero-order chi connectivity index (χ0) is 13.1. The molecule has 18 heavy (non-hydrogen) atoms. The van der Waals surface area contributed by atoms with E-state index >= 15 is 0 Å². The van der Waals surface area contributed by atoms with Gasteiger partial charge in [-0.1, -0.05) is 0 Å². The van der Waals surface area contributed by atoms with Crippen LogP contribution in [0.4, 0.5) is 10.5 Å². The molecule has 7 nitrogen and oxygen atoms in total. The fraction of sp³-hybridized carbons (Fsp3) is 0.545. The maximum Gasteiger partial charge on any atom is 0.321 e. The second-order valence-corrected chi connectivity index (χ2v) is 4.46. The molecule has 0 aliphatic carbocycles. The fourth-order valence-electron chi connectivity index (χ4n) is 2.05. The Morgan fingerprint density at radius 2 is 2.33 bits per heavy atom. The second kappa shape index (κ2) is 5.07. The van der Waals surface area contributed by atoms with E-state index in [9.17, 15) is 9.59 Å². The number of amides is 2. The third-order valence-electron chi connectivity index (χ3n) is 3.01. The van der Waals surface area contributed by atoms with Gasteiger partial charge in [-0.3, -0.25) is 9.48 Å². The summed E-state index contributed by atoms with van der Waals surface area (Å²) in [6.07, 6.45) is 4.59. The molecule has 2 heterocycles. The molecule has 1 aliphatic rings. The number of carbonyl (C=O) groups is 2. The second-order valence-electron chi connectivity index (χ2n) is 4.46. The number of rotatable bonds is 2. The molecule has 1 aliphatic heterocycles. The molecule has 0 unspecified atom stereocenters. The Morgan fingerprint density at radius 3 is 2.94 bits per heavy atom. The van der Waals surface area contributed by atoms with Gasteiger partial charge in [0.05, 0.1) is 17.8 Å². The van der Waals surface area contributed by atoms with Gasteiger partial charge in [-0.2, -0.15) is 5.10 Å². The number of urea groups is 1. The predicted octanol–water partition coefficient (Wildman–Crippen LogP) is 0.749. The van der Waals surface area contributed by atoms with Crippen LogP contribution in [-0.4, -0.2) is 44.9 Å². The van der Waals surface area contributed by atoms with E-state index in [4.69, 9.17) is 5.11 Å². The van der Waals surface area contributed by atoms with Gasteiger partial charge in [-0.05, 0) is 12.8 Å². The number of likely N-dealkylation sites (tertiary alicyclic amines) is 1. The summed E-state index contributed by atoms with van der Waals surface area (Å²) in [6.45, 7) is 0.858. The highest BCUT2D eigenvalue weighted by Crippen LogP contribution is 2.17. The van der Waals surface area contributed by atoms with Crippen molar-refractivity contribution in [1.82, 2.24) is 14.7 Å². The first-order chi connectivity index (χ1) is 8.56. The first-order valence-corrected chi connectivity index (χ1v) is 5.83. The minimum atomic E-state index is -0.839. The molecular formula is C11H16N4O3. The van der Waals surface area contributed by atoms with Crippen LogP contribution in [-0.2, 0) is 11.8 Å². The van der Waals surface area contributed by atoms with Crippen molar-refractivity contribution in [2.75, 3.05) is 18.4 Å². The van der Waals surface area contributed by atoms with Gasteiger partial charge in [-0.25, -0.2) is 4.79 Å². The highest BCUT2D eigenvalue weighted by molar-refractivity contribution is 5.89. The molecule has 2 N–H and O–H groups in total. The van der Waals surface area contributed by atoms with Gasteiger partial charge in [0.15, 0.2) is 0 Å². The van der Waals surface area contributed by atoms with E-state index in [1.54, 1.807) is 24.1 Å². The number of aryl methyl sites for hydroxylation is 1. The van der Waals surface area contributed by atoms with Crippen LogP contribution in [0.5, 0.6) is 0 Å². The lowest BCUT2D eigenvalue weighted by atomic mass is 9.99. The maximum absolute atomic E-state index is 11.9. The van der Waals surface area contributed by atoms with E-state index in [0.29, 0.717) is 18.7 Å². The smallest absolute Gasteiger partial charge is 0.321 e. The summed E-state index contributed by atoms with van der Waals surface area (Å²) < 4.78 is 1.59. The summed E-state index contributed by atoms with van der Waals surface area (Å²) in [5.41, 5.74) is 0.611. The molecule has 2 rings (SSSR count). The van der Waals surface area contributed by atoms with Crippen molar-refractivity contribution in [2.24, 2.45) is 13.0 Å². The minimum absolute atomic E-state index is 0.265. The quantitative estimate of drug-likeness (QED) is 0.813. The van der Waals surface area contributed by atoms with Gasteiger partial charge < -0.3 is 15.3 Å². The van der Waals surface area contributed by atoms with E-state index in [1.807, 2.05) is 0 Å². The van der Waals surface area contributed by atoms with E-state index in [1.165, 1.54) is 4.90 Å². The number of hydrogen-bond donors (Lipinski definition) is 2. The van der Waals surface area contributed by atoms with Gasteiger partial charge in [0.25, 0.3) is 0 Å². The van der Waals surface area contributed by atoms with Gasteiger partial charge in [0.1, 0.15) is 0 Å². The van der Waals surface area contributed by atoms with Gasteiger partial charge in [-0.15, -0.1) is 0 Å². The molecule has 1 fully saturated rings. The van der Waals surface area contributed by atoms with Crippen LogP contribution in [0.25, 0.3) is 0 Å². The van der Waals surface area contributed by atoms with Crippen LogP contribution < -0.4 is 5.32 Å². The first-order valence-electron chi connectivity index (χ1n) is 5.83. The molecule has 7 heteroatoms. The zero-order valence-corrected chi connectivity index (χ0v) is 10.2. The highest BCUT2D eigenvalue weighted by Gasteiger charge is 2.28. The van der Waals surface area contributed by atoms with Crippen molar-refractivity contribution in [3.63, 3.8) is 0 Å². The third kappa shape index (κ3) is 2.79. The molecule has 1 atom stereocenters.